The molecule has 26 heavy (non-hydrogen) atoms. The molecule has 0 aliphatic carbocycles. The van der Waals surface area contributed by atoms with Crippen molar-refractivity contribution >= 4 is 11.6 Å². The van der Waals surface area contributed by atoms with Gasteiger partial charge in [-0.25, -0.2) is 9.67 Å². The van der Waals surface area contributed by atoms with Gasteiger partial charge in [-0.1, -0.05) is 13.0 Å². The summed E-state index contributed by atoms with van der Waals surface area (Å²) in [4.78, 5) is 16.8. The number of carbonyl (C=O) groups excluding carboxylic acids is 1. The average molecular weight is 350 g/mol. The number of benzene rings is 1. The van der Waals surface area contributed by atoms with Crippen LogP contribution in [-0.4, -0.2) is 26.8 Å². The lowest BCUT2D eigenvalue weighted by Crippen LogP contribution is -2.13. The zero-order valence-electron chi connectivity index (χ0n) is 15.1. The van der Waals surface area contributed by atoms with Gasteiger partial charge in [0.05, 0.1) is 23.6 Å². The van der Waals surface area contributed by atoms with Crippen LogP contribution in [0.1, 0.15) is 36.3 Å². The molecule has 1 aromatic carbocycles. The molecule has 1 unspecified atom stereocenters. The number of aromatic nitrogens is 3. The molecule has 6 nitrogen and oxygen atoms in total. The molecular weight excluding hydrogens is 328 g/mol. The number of amides is 1. The predicted molar refractivity (Wildman–Crippen MR) is 101 cm³/mol. The molecule has 3 rings (SSSR count). The Morgan fingerprint density at radius 2 is 2.00 bits per heavy atom. The van der Waals surface area contributed by atoms with E-state index in [0.717, 1.165) is 17.9 Å². The summed E-state index contributed by atoms with van der Waals surface area (Å²) in [5.41, 5.74) is 1.95. The number of carbonyl (C=O) groups is 1. The molecular formula is C20H22N4O2. The van der Waals surface area contributed by atoms with E-state index in [0.29, 0.717) is 17.1 Å². The average Bonchev–Trinajstić information content (AvgIpc) is 3.05. The van der Waals surface area contributed by atoms with E-state index in [2.05, 4.69) is 22.3 Å². The molecule has 2 aromatic heterocycles. The van der Waals surface area contributed by atoms with Crippen molar-refractivity contribution in [2.24, 2.45) is 0 Å². The van der Waals surface area contributed by atoms with Crippen LogP contribution in [0.3, 0.4) is 0 Å². The number of ether oxygens (including phenoxy) is 1. The molecule has 0 aliphatic heterocycles. The molecule has 0 fully saturated rings. The molecule has 1 atom stereocenters. The van der Waals surface area contributed by atoms with Crippen molar-refractivity contribution in [1.29, 1.82) is 0 Å². The first-order valence-electron chi connectivity index (χ1n) is 8.62. The number of hydrogen-bond donors (Lipinski definition) is 1. The van der Waals surface area contributed by atoms with Gasteiger partial charge in [-0.2, -0.15) is 5.10 Å². The smallest absolute Gasteiger partial charge is 0.259 e. The van der Waals surface area contributed by atoms with Gasteiger partial charge >= 0.3 is 0 Å². The Kier molecular flexibility index (Phi) is 5.31. The molecule has 0 radical (unpaired) electrons. The van der Waals surface area contributed by atoms with Crippen molar-refractivity contribution < 1.29 is 9.53 Å². The third-order valence-electron chi connectivity index (χ3n) is 4.15. The van der Waals surface area contributed by atoms with Crippen molar-refractivity contribution in [2.45, 2.75) is 33.3 Å². The minimum absolute atomic E-state index is 0.163. The monoisotopic (exact) mass is 350 g/mol. The van der Waals surface area contributed by atoms with Crippen LogP contribution in [0.25, 0.3) is 5.82 Å². The second-order valence-corrected chi connectivity index (χ2v) is 6.06. The Morgan fingerprint density at radius 3 is 2.65 bits per heavy atom. The van der Waals surface area contributed by atoms with Gasteiger partial charge in [0.25, 0.3) is 5.91 Å². The van der Waals surface area contributed by atoms with Crippen LogP contribution in [0.2, 0.25) is 0 Å². The SMILES string of the molecule is CCC(C)Oc1ccc(NC(=O)c2cnn(-c3ccccn3)c2C)cc1. The summed E-state index contributed by atoms with van der Waals surface area (Å²) >= 11 is 0. The van der Waals surface area contributed by atoms with Crippen molar-refractivity contribution in [1.82, 2.24) is 14.8 Å². The molecule has 6 heteroatoms. The van der Waals surface area contributed by atoms with Gasteiger partial charge in [-0.05, 0) is 56.7 Å². The largest absolute Gasteiger partial charge is 0.491 e. The molecule has 2 heterocycles. The van der Waals surface area contributed by atoms with Gasteiger partial charge in [0, 0.05) is 11.9 Å². The Morgan fingerprint density at radius 1 is 1.23 bits per heavy atom. The van der Waals surface area contributed by atoms with Crippen LogP contribution >= 0.6 is 0 Å². The van der Waals surface area contributed by atoms with Crippen LogP contribution < -0.4 is 10.1 Å². The molecule has 1 amide bonds. The van der Waals surface area contributed by atoms with E-state index in [1.165, 1.54) is 0 Å². The number of anilines is 1. The zero-order chi connectivity index (χ0) is 18.5. The fourth-order valence-corrected chi connectivity index (χ4v) is 2.47. The molecule has 1 N–H and O–H groups in total. The summed E-state index contributed by atoms with van der Waals surface area (Å²) in [6, 6.07) is 12.9. The van der Waals surface area contributed by atoms with Crippen LogP contribution in [0.5, 0.6) is 5.75 Å². The van der Waals surface area contributed by atoms with E-state index in [-0.39, 0.29) is 12.0 Å². The second kappa shape index (κ2) is 7.82. The Bertz CT molecular complexity index is 873. The van der Waals surface area contributed by atoms with Crippen molar-refractivity contribution in [3.63, 3.8) is 0 Å². The van der Waals surface area contributed by atoms with Gasteiger partial charge in [-0.15, -0.1) is 0 Å². The highest BCUT2D eigenvalue weighted by Crippen LogP contribution is 2.19. The van der Waals surface area contributed by atoms with Crippen LogP contribution in [0.4, 0.5) is 5.69 Å². The first-order valence-corrected chi connectivity index (χ1v) is 8.62. The maximum absolute atomic E-state index is 12.6. The molecule has 0 bridgehead atoms. The van der Waals surface area contributed by atoms with E-state index in [1.54, 1.807) is 17.1 Å². The second-order valence-electron chi connectivity index (χ2n) is 6.06. The number of nitrogens with one attached hydrogen (secondary N) is 1. The number of rotatable bonds is 6. The third-order valence-corrected chi connectivity index (χ3v) is 4.15. The van der Waals surface area contributed by atoms with E-state index in [1.807, 2.05) is 56.3 Å². The van der Waals surface area contributed by atoms with Crippen molar-refractivity contribution in [2.75, 3.05) is 5.32 Å². The molecule has 0 spiro atoms. The lowest BCUT2D eigenvalue weighted by atomic mass is 10.2. The Labute approximate surface area is 152 Å². The lowest BCUT2D eigenvalue weighted by Gasteiger charge is -2.13. The molecule has 134 valence electrons. The maximum Gasteiger partial charge on any atom is 0.259 e. The Balaban J connectivity index is 1.72. The fourth-order valence-electron chi connectivity index (χ4n) is 2.47. The van der Waals surface area contributed by atoms with Crippen LogP contribution in [0.15, 0.2) is 54.9 Å². The predicted octanol–water partition coefficient (Wildman–Crippen LogP) is 4.01. The summed E-state index contributed by atoms with van der Waals surface area (Å²) in [7, 11) is 0. The van der Waals surface area contributed by atoms with Crippen LogP contribution in [-0.2, 0) is 0 Å². The zero-order valence-corrected chi connectivity index (χ0v) is 15.1. The fraction of sp³-hybridized carbons (Fsp3) is 0.250. The minimum Gasteiger partial charge on any atom is -0.491 e. The minimum atomic E-state index is -0.208. The lowest BCUT2D eigenvalue weighted by molar-refractivity contribution is 0.102. The van der Waals surface area contributed by atoms with Gasteiger partial charge in [0.2, 0.25) is 0 Å². The first-order chi connectivity index (χ1) is 12.6. The standard InChI is InChI=1S/C20H22N4O2/c1-4-14(2)26-17-10-8-16(9-11-17)23-20(25)18-13-22-24(15(18)3)19-7-5-6-12-21-19/h5-14H,4H2,1-3H3,(H,23,25). The van der Waals surface area contributed by atoms with Gasteiger partial charge in [0.1, 0.15) is 5.75 Å². The van der Waals surface area contributed by atoms with Gasteiger partial charge in [0.15, 0.2) is 5.82 Å². The summed E-state index contributed by atoms with van der Waals surface area (Å²) in [6.07, 6.45) is 4.35. The number of pyridine rings is 1. The quantitative estimate of drug-likeness (QED) is 0.729. The normalized spacial score (nSPS) is 11.8. The van der Waals surface area contributed by atoms with Crippen molar-refractivity contribution in [3.8, 4) is 11.6 Å². The summed E-state index contributed by atoms with van der Waals surface area (Å²) < 4.78 is 7.40. The summed E-state index contributed by atoms with van der Waals surface area (Å²) in [5.74, 6) is 1.26. The maximum atomic E-state index is 12.6. The molecule has 3 aromatic rings. The van der Waals surface area contributed by atoms with E-state index >= 15 is 0 Å². The highest BCUT2D eigenvalue weighted by molar-refractivity contribution is 6.05. The number of hydrogen-bond acceptors (Lipinski definition) is 4. The third kappa shape index (κ3) is 3.91. The van der Waals surface area contributed by atoms with Gasteiger partial charge in [-0.3, -0.25) is 4.79 Å². The number of nitrogens with zero attached hydrogens (tertiary/aromatic N) is 3. The van der Waals surface area contributed by atoms with Crippen LogP contribution in [0, 0.1) is 6.92 Å². The summed E-state index contributed by atoms with van der Waals surface area (Å²) in [6.45, 7) is 5.95. The summed E-state index contributed by atoms with van der Waals surface area (Å²) in [5, 5.41) is 7.17. The topological polar surface area (TPSA) is 69.0 Å². The highest BCUT2D eigenvalue weighted by atomic mass is 16.5. The molecule has 0 aliphatic rings. The Hall–Kier alpha value is -3.15. The van der Waals surface area contributed by atoms with Crippen molar-refractivity contribution in [3.05, 3.63) is 66.1 Å². The highest BCUT2D eigenvalue weighted by Gasteiger charge is 2.16. The first kappa shape index (κ1) is 17.7. The van der Waals surface area contributed by atoms with E-state index < -0.39 is 0 Å². The molecule has 0 saturated carbocycles. The van der Waals surface area contributed by atoms with E-state index in [9.17, 15) is 4.79 Å². The molecule has 0 saturated heterocycles. The van der Waals surface area contributed by atoms with E-state index in [4.69, 9.17) is 4.74 Å². The van der Waals surface area contributed by atoms with Gasteiger partial charge < -0.3 is 10.1 Å².